The molecule has 31 heavy (non-hydrogen) atoms. The van der Waals surface area contributed by atoms with Gasteiger partial charge in [0.25, 0.3) is 0 Å². The Morgan fingerprint density at radius 3 is 0.742 bits per heavy atom. The lowest BCUT2D eigenvalue weighted by molar-refractivity contribution is 0.830. The molecule has 0 bridgehead atoms. The summed E-state index contributed by atoms with van der Waals surface area (Å²) in [4.78, 5) is 0. The summed E-state index contributed by atoms with van der Waals surface area (Å²) < 4.78 is 0. The van der Waals surface area contributed by atoms with Crippen molar-refractivity contribution < 1.29 is 0 Å². The van der Waals surface area contributed by atoms with Gasteiger partial charge >= 0.3 is 0 Å². The summed E-state index contributed by atoms with van der Waals surface area (Å²) in [5, 5.41) is 0. The van der Waals surface area contributed by atoms with Crippen molar-refractivity contribution in [2.45, 2.75) is 125 Å². The molecule has 0 atom stereocenters. The van der Waals surface area contributed by atoms with E-state index in [0.29, 0.717) is 0 Å². The molecule has 0 N–H and O–H groups in total. The predicted molar refractivity (Wildman–Crippen MR) is 140 cm³/mol. The van der Waals surface area contributed by atoms with Crippen LogP contribution in [0.15, 0.2) is 24.3 Å². The molecule has 2 rings (SSSR count). The number of hydrogen-bond acceptors (Lipinski definition) is 0. The molecular weight excluding hydrogens is 372 g/mol. The Morgan fingerprint density at radius 1 is 0.323 bits per heavy atom. The number of aryl methyl sites for hydroxylation is 6. The van der Waals surface area contributed by atoms with Gasteiger partial charge in [0, 0.05) is 0 Å². The highest BCUT2D eigenvalue weighted by Crippen LogP contribution is 2.28. The van der Waals surface area contributed by atoms with E-state index < -0.39 is 0 Å². The van der Waals surface area contributed by atoms with Crippen molar-refractivity contribution >= 4 is 0 Å². The fourth-order valence-corrected chi connectivity index (χ4v) is 5.13. The SMILES string of the molecule is CCCc1cc(CCC)c(Cc2cc(CCC)c(CCC)cc2CCC)cc1CCC. The van der Waals surface area contributed by atoms with Crippen molar-refractivity contribution in [1.29, 1.82) is 0 Å². The molecule has 0 aliphatic heterocycles. The summed E-state index contributed by atoms with van der Waals surface area (Å²) in [5.74, 6) is 0. The van der Waals surface area contributed by atoms with E-state index in [-0.39, 0.29) is 0 Å². The van der Waals surface area contributed by atoms with Gasteiger partial charge in [0.2, 0.25) is 0 Å². The second-order valence-corrected chi connectivity index (χ2v) is 9.46. The van der Waals surface area contributed by atoms with E-state index in [1.165, 1.54) is 77.0 Å². The van der Waals surface area contributed by atoms with Gasteiger partial charge in [-0.05, 0) is 89.5 Å². The molecule has 0 aliphatic rings. The fraction of sp³-hybridized carbons (Fsp3) is 0.613. The molecule has 172 valence electrons. The Kier molecular flexibility index (Phi) is 11.4. The smallest absolute Gasteiger partial charge is 0.00201 e. The first-order chi connectivity index (χ1) is 15.1. The van der Waals surface area contributed by atoms with Gasteiger partial charge < -0.3 is 0 Å². The largest absolute Gasteiger partial charge is 0.0651 e. The summed E-state index contributed by atoms with van der Waals surface area (Å²) in [6.45, 7) is 13.9. The van der Waals surface area contributed by atoms with Crippen molar-refractivity contribution in [2.75, 3.05) is 0 Å². The third-order valence-corrected chi connectivity index (χ3v) is 6.54. The zero-order valence-corrected chi connectivity index (χ0v) is 21.5. The Bertz CT molecular complexity index is 729. The van der Waals surface area contributed by atoms with E-state index in [0.717, 1.165) is 6.42 Å². The first-order valence-electron chi connectivity index (χ1n) is 13.4. The maximum atomic E-state index is 2.59. The maximum Gasteiger partial charge on any atom is -0.00201 e. The van der Waals surface area contributed by atoms with E-state index in [4.69, 9.17) is 0 Å². The number of benzene rings is 2. The first-order valence-corrected chi connectivity index (χ1v) is 13.4. The van der Waals surface area contributed by atoms with Crippen molar-refractivity contribution in [3.05, 3.63) is 68.8 Å². The molecule has 0 heterocycles. The Hall–Kier alpha value is -1.56. The summed E-state index contributed by atoms with van der Waals surface area (Å²) in [7, 11) is 0. The monoisotopic (exact) mass is 420 g/mol. The van der Waals surface area contributed by atoms with Crippen LogP contribution < -0.4 is 0 Å². The normalized spacial score (nSPS) is 11.3. The summed E-state index contributed by atoms with van der Waals surface area (Å²) in [6, 6.07) is 10.3. The molecule has 0 unspecified atom stereocenters. The fourth-order valence-electron chi connectivity index (χ4n) is 5.13. The molecule has 0 saturated carbocycles. The van der Waals surface area contributed by atoms with Crippen LogP contribution in [0.4, 0.5) is 0 Å². The van der Waals surface area contributed by atoms with Gasteiger partial charge in [0.15, 0.2) is 0 Å². The van der Waals surface area contributed by atoms with Crippen LogP contribution in [-0.2, 0) is 44.9 Å². The Morgan fingerprint density at radius 2 is 0.516 bits per heavy atom. The Balaban J connectivity index is 2.55. The van der Waals surface area contributed by atoms with E-state index in [2.05, 4.69) is 65.8 Å². The van der Waals surface area contributed by atoms with Gasteiger partial charge in [0.1, 0.15) is 0 Å². The lowest BCUT2D eigenvalue weighted by Crippen LogP contribution is -2.06. The molecular formula is C31H48. The standard InChI is InChI=1S/C31H48/c1-7-13-24-19-28(17-11-5)30(21-26(24)15-9-3)23-31-22-27(16-10-4)25(14-8-2)20-29(31)18-12-6/h19-22H,7-18,23H2,1-6H3. The van der Waals surface area contributed by atoms with Crippen LogP contribution >= 0.6 is 0 Å². The molecule has 0 heteroatoms. The minimum Gasteiger partial charge on any atom is -0.0651 e. The minimum atomic E-state index is 1.11. The van der Waals surface area contributed by atoms with Gasteiger partial charge in [-0.3, -0.25) is 0 Å². The van der Waals surface area contributed by atoms with Crippen molar-refractivity contribution in [1.82, 2.24) is 0 Å². The van der Waals surface area contributed by atoms with Crippen molar-refractivity contribution in [3.8, 4) is 0 Å². The summed E-state index contributed by atoms with van der Waals surface area (Å²) in [5.41, 5.74) is 12.8. The highest BCUT2D eigenvalue weighted by Gasteiger charge is 2.14. The predicted octanol–water partition coefficient (Wildman–Crippen LogP) is 8.99. The van der Waals surface area contributed by atoms with Crippen LogP contribution in [0.5, 0.6) is 0 Å². The molecule has 0 fully saturated rings. The molecule has 0 radical (unpaired) electrons. The van der Waals surface area contributed by atoms with Gasteiger partial charge in [-0.2, -0.15) is 0 Å². The topological polar surface area (TPSA) is 0 Å². The average Bonchev–Trinajstić information content (AvgIpc) is 2.74. The third-order valence-electron chi connectivity index (χ3n) is 6.54. The molecule has 0 nitrogen and oxygen atoms in total. The molecule has 0 aliphatic carbocycles. The maximum absolute atomic E-state index is 2.59. The zero-order valence-electron chi connectivity index (χ0n) is 21.5. The average molecular weight is 421 g/mol. The van der Waals surface area contributed by atoms with Crippen molar-refractivity contribution in [2.24, 2.45) is 0 Å². The van der Waals surface area contributed by atoms with Gasteiger partial charge in [-0.1, -0.05) is 104 Å². The molecule has 2 aromatic carbocycles. The van der Waals surface area contributed by atoms with Gasteiger partial charge in [0.05, 0.1) is 0 Å². The van der Waals surface area contributed by atoms with Crippen LogP contribution in [-0.4, -0.2) is 0 Å². The lowest BCUT2D eigenvalue weighted by Gasteiger charge is -2.20. The zero-order chi connectivity index (χ0) is 22.6. The quantitative estimate of drug-likeness (QED) is 0.286. The number of hydrogen-bond donors (Lipinski definition) is 0. The first kappa shape index (κ1) is 25.7. The molecule has 0 amide bonds. The van der Waals surface area contributed by atoms with E-state index in [9.17, 15) is 0 Å². The van der Waals surface area contributed by atoms with E-state index in [1.807, 2.05) is 0 Å². The van der Waals surface area contributed by atoms with E-state index in [1.54, 1.807) is 44.5 Å². The highest BCUT2D eigenvalue weighted by atomic mass is 14.2. The Labute approximate surface area is 193 Å². The lowest BCUT2D eigenvalue weighted by atomic mass is 9.85. The third kappa shape index (κ3) is 7.23. The molecule has 0 spiro atoms. The molecule has 2 aromatic rings. The number of rotatable bonds is 14. The second-order valence-electron chi connectivity index (χ2n) is 9.46. The van der Waals surface area contributed by atoms with Gasteiger partial charge in [-0.15, -0.1) is 0 Å². The van der Waals surface area contributed by atoms with E-state index >= 15 is 0 Å². The van der Waals surface area contributed by atoms with Crippen LogP contribution in [0.25, 0.3) is 0 Å². The van der Waals surface area contributed by atoms with Crippen LogP contribution in [0, 0.1) is 0 Å². The highest BCUT2D eigenvalue weighted by molar-refractivity contribution is 5.46. The van der Waals surface area contributed by atoms with Gasteiger partial charge in [-0.25, -0.2) is 0 Å². The van der Waals surface area contributed by atoms with Crippen LogP contribution in [0.3, 0.4) is 0 Å². The van der Waals surface area contributed by atoms with Crippen molar-refractivity contribution in [3.63, 3.8) is 0 Å². The summed E-state index contributed by atoms with van der Waals surface area (Å²) >= 11 is 0. The minimum absolute atomic E-state index is 1.11. The second kappa shape index (κ2) is 13.8. The summed E-state index contributed by atoms with van der Waals surface area (Å²) in [6.07, 6.45) is 15.8. The molecule has 0 aromatic heterocycles. The molecule has 0 saturated heterocycles. The van der Waals surface area contributed by atoms with Crippen LogP contribution in [0.1, 0.15) is 125 Å². The van der Waals surface area contributed by atoms with Crippen LogP contribution in [0.2, 0.25) is 0 Å².